The van der Waals surface area contributed by atoms with Gasteiger partial charge in [0.05, 0.1) is 5.69 Å². The van der Waals surface area contributed by atoms with E-state index in [1.54, 1.807) is 24.3 Å². The molecule has 5 heteroatoms. The van der Waals surface area contributed by atoms with Crippen molar-refractivity contribution in [3.63, 3.8) is 0 Å². The number of thiazole rings is 1. The minimum absolute atomic E-state index is 0.0715. The molecule has 25 heavy (non-hydrogen) atoms. The highest BCUT2D eigenvalue weighted by molar-refractivity contribution is 7.13. The van der Waals surface area contributed by atoms with Crippen LogP contribution in [0.25, 0.3) is 16.6 Å². The third-order valence-corrected chi connectivity index (χ3v) is 4.82. The predicted molar refractivity (Wildman–Crippen MR) is 102 cm³/mol. The molecule has 1 heterocycles. The van der Waals surface area contributed by atoms with Gasteiger partial charge in [0.2, 0.25) is 5.78 Å². The van der Waals surface area contributed by atoms with E-state index in [4.69, 9.17) is 11.6 Å². The number of nitriles is 1. The Hall–Kier alpha value is -2.74. The average molecular weight is 365 g/mol. The molecule has 0 unspecified atom stereocenters. The summed E-state index contributed by atoms with van der Waals surface area (Å²) in [5.41, 5.74) is 2.98. The number of rotatable bonds is 4. The fourth-order valence-corrected chi connectivity index (χ4v) is 3.26. The molecule has 0 saturated carbocycles. The first-order valence-corrected chi connectivity index (χ1v) is 8.78. The number of ketones is 1. The van der Waals surface area contributed by atoms with Crippen molar-refractivity contribution in [2.24, 2.45) is 0 Å². The molecule has 122 valence electrons. The number of hydrogen-bond donors (Lipinski definition) is 0. The van der Waals surface area contributed by atoms with Crippen molar-refractivity contribution in [2.45, 2.75) is 6.92 Å². The molecule has 0 aliphatic heterocycles. The molecule has 0 spiro atoms. The van der Waals surface area contributed by atoms with Gasteiger partial charge in [-0.2, -0.15) is 5.26 Å². The molecule has 0 aliphatic carbocycles. The Morgan fingerprint density at radius 1 is 1.20 bits per heavy atom. The summed E-state index contributed by atoms with van der Waals surface area (Å²) in [4.78, 5) is 17.1. The van der Waals surface area contributed by atoms with E-state index in [0.717, 1.165) is 16.1 Å². The second-order valence-electron chi connectivity index (χ2n) is 5.40. The van der Waals surface area contributed by atoms with Gasteiger partial charge in [-0.15, -0.1) is 11.3 Å². The van der Waals surface area contributed by atoms with Crippen LogP contribution in [0.4, 0.5) is 0 Å². The molecule has 3 aromatic rings. The van der Waals surface area contributed by atoms with Crippen molar-refractivity contribution < 1.29 is 4.79 Å². The summed E-state index contributed by atoms with van der Waals surface area (Å²) in [5, 5.41) is 12.7. The number of hydrogen-bond acceptors (Lipinski definition) is 4. The van der Waals surface area contributed by atoms with E-state index in [9.17, 15) is 10.1 Å². The van der Waals surface area contributed by atoms with Crippen LogP contribution in [0.3, 0.4) is 0 Å². The largest absolute Gasteiger partial charge is 0.288 e. The fourth-order valence-electron chi connectivity index (χ4n) is 2.35. The molecule has 0 bridgehead atoms. The number of carbonyl (C=O) groups is 1. The summed E-state index contributed by atoms with van der Waals surface area (Å²) in [6.45, 7) is 1.85. The molecule has 0 N–H and O–H groups in total. The number of aryl methyl sites for hydroxylation is 1. The van der Waals surface area contributed by atoms with Gasteiger partial charge < -0.3 is 0 Å². The van der Waals surface area contributed by atoms with Crippen molar-refractivity contribution >= 4 is 34.8 Å². The van der Waals surface area contributed by atoms with Gasteiger partial charge in [-0.05, 0) is 30.7 Å². The Kier molecular flexibility index (Phi) is 5.08. The SMILES string of the molecule is Cc1ccccc1C(=O)/C(C#N)=C/c1csc(-c2ccc(Cl)cc2)n1. The van der Waals surface area contributed by atoms with Gasteiger partial charge in [0.25, 0.3) is 0 Å². The van der Waals surface area contributed by atoms with E-state index in [2.05, 4.69) is 4.98 Å². The first-order valence-electron chi connectivity index (χ1n) is 7.52. The molecule has 0 radical (unpaired) electrons. The summed E-state index contributed by atoms with van der Waals surface area (Å²) < 4.78 is 0. The molecular formula is C20H13ClN2OS. The van der Waals surface area contributed by atoms with Crippen LogP contribution >= 0.6 is 22.9 Å². The van der Waals surface area contributed by atoms with Gasteiger partial charge >= 0.3 is 0 Å². The minimum Gasteiger partial charge on any atom is -0.288 e. The van der Waals surface area contributed by atoms with Crippen LogP contribution in [0.1, 0.15) is 21.6 Å². The van der Waals surface area contributed by atoms with Crippen molar-refractivity contribution in [1.29, 1.82) is 5.26 Å². The van der Waals surface area contributed by atoms with Crippen molar-refractivity contribution in [3.05, 3.63) is 81.3 Å². The number of Topliss-reactive ketones (excluding diaryl/α,β-unsaturated/α-hetero) is 1. The quantitative estimate of drug-likeness (QED) is 0.346. The molecule has 2 aromatic carbocycles. The molecule has 3 rings (SSSR count). The fraction of sp³-hybridized carbons (Fsp3) is 0.0500. The van der Waals surface area contributed by atoms with Crippen molar-refractivity contribution in [3.8, 4) is 16.6 Å². The highest BCUT2D eigenvalue weighted by Gasteiger charge is 2.15. The topological polar surface area (TPSA) is 53.8 Å². The second kappa shape index (κ2) is 7.43. The summed E-state index contributed by atoms with van der Waals surface area (Å²) in [5.74, 6) is -0.290. The van der Waals surface area contributed by atoms with Crippen molar-refractivity contribution in [2.75, 3.05) is 0 Å². The average Bonchev–Trinajstić information content (AvgIpc) is 3.09. The maximum Gasteiger partial charge on any atom is 0.203 e. The third kappa shape index (κ3) is 3.85. The van der Waals surface area contributed by atoms with Crippen LogP contribution in [0, 0.1) is 18.3 Å². The molecular weight excluding hydrogens is 352 g/mol. The normalized spacial score (nSPS) is 11.2. The van der Waals surface area contributed by atoms with Gasteiger partial charge in [-0.1, -0.05) is 48.0 Å². The molecule has 0 saturated heterocycles. The smallest absolute Gasteiger partial charge is 0.203 e. The van der Waals surface area contributed by atoms with E-state index in [0.29, 0.717) is 16.3 Å². The molecule has 0 atom stereocenters. The zero-order chi connectivity index (χ0) is 17.8. The summed E-state index contributed by atoms with van der Waals surface area (Å²) in [7, 11) is 0. The lowest BCUT2D eigenvalue weighted by molar-refractivity contribution is 0.103. The lowest BCUT2D eigenvalue weighted by Crippen LogP contribution is -2.04. The molecule has 3 nitrogen and oxygen atoms in total. The standard InChI is InChI=1S/C20H13ClN2OS/c1-13-4-2-3-5-18(13)19(24)15(11-22)10-17-12-25-20(23-17)14-6-8-16(21)9-7-14/h2-10,12H,1H3/b15-10+. The van der Waals surface area contributed by atoms with E-state index in [1.807, 2.05) is 42.6 Å². The zero-order valence-electron chi connectivity index (χ0n) is 13.4. The van der Waals surface area contributed by atoms with Gasteiger partial charge in [-0.3, -0.25) is 4.79 Å². The summed E-state index contributed by atoms with van der Waals surface area (Å²) in [6, 6.07) is 16.6. The third-order valence-electron chi connectivity index (χ3n) is 3.66. The Morgan fingerprint density at radius 2 is 1.92 bits per heavy atom. The zero-order valence-corrected chi connectivity index (χ0v) is 14.9. The number of nitrogens with zero attached hydrogens (tertiary/aromatic N) is 2. The number of allylic oxidation sites excluding steroid dienone is 1. The van der Waals surface area contributed by atoms with E-state index >= 15 is 0 Å². The Balaban J connectivity index is 1.91. The monoisotopic (exact) mass is 364 g/mol. The van der Waals surface area contributed by atoms with Crippen LogP contribution in [0.5, 0.6) is 0 Å². The van der Waals surface area contributed by atoms with E-state index in [-0.39, 0.29) is 11.4 Å². The van der Waals surface area contributed by atoms with Gasteiger partial charge in [-0.25, -0.2) is 4.98 Å². The molecule has 1 aromatic heterocycles. The van der Waals surface area contributed by atoms with Crippen molar-refractivity contribution in [1.82, 2.24) is 4.98 Å². The predicted octanol–water partition coefficient (Wildman–Crippen LogP) is 5.56. The number of halogens is 1. The van der Waals surface area contributed by atoms with Crippen LogP contribution < -0.4 is 0 Å². The van der Waals surface area contributed by atoms with Gasteiger partial charge in [0.1, 0.15) is 16.6 Å². The first-order chi connectivity index (χ1) is 12.1. The molecule has 0 amide bonds. The number of benzene rings is 2. The molecule has 0 aliphatic rings. The van der Waals surface area contributed by atoms with E-state index < -0.39 is 0 Å². The second-order valence-corrected chi connectivity index (χ2v) is 6.69. The number of aromatic nitrogens is 1. The van der Waals surface area contributed by atoms with E-state index in [1.165, 1.54) is 17.4 Å². The maximum atomic E-state index is 12.6. The minimum atomic E-state index is -0.290. The maximum absolute atomic E-state index is 12.6. The molecule has 0 fully saturated rings. The summed E-state index contributed by atoms with van der Waals surface area (Å²) >= 11 is 7.35. The van der Waals surface area contributed by atoms with Crippen LogP contribution in [0.15, 0.2) is 59.5 Å². The summed E-state index contributed by atoms with van der Waals surface area (Å²) in [6.07, 6.45) is 1.53. The Morgan fingerprint density at radius 3 is 2.60 bits per heavy atom. The van der Waals surface area contributed by atoms with Crippen LogP contribution in [-0.4, -0.2) is 10.8 Å². The lowest BCUT2D eigenvalue weighted by atomic mass is 9.99. The highest BCUT2D eigenvalue weighted by Crippen LogP contribution is 2.26. The number of carbonyl (C=O) groups excluding carboxylic acids is 1. The van der Waals surface area contributed by atoms with Crippen LogP contribution in [0.2, 0.25) is 5.02 Å². The van der Waals surface area contributed by atoms with Crippen LogP contribution in [-0.2, 0) is 0 Å². The lowest BCUT2D eigenvalue weighted by Gasteiger charge is -2.02. The van der Waals surface area contributed by atoms with Gasteiger partial charge in [0, 0.05) is 21.5 Å². The highest BCUT2D eigenvalue weighted by atomic mass is 35.5. The Bertz CT molecular complexity index is 997. The van der Waals surface area contributed by atoms with Gasteiger partial charge in [0.15, 0.2) is 0 Å². The first kappa shape index (κ1) is 17.1. The Labute approximate surface area is 154 Å².